The van der Waals surface area contributed by atoms with Crippen LogP contribution < -0.4 is 24.9 Å². The van der Waals surface area contributed by atoms with Crippen molar-refractivity contribution >= 4 is 58.5 Å². The number of carboxylic acid groups (broad SMARTS) is 5. The monoisotopic (exact) mass is 730 g/mol. The number of rotatable bonds is 20. The van der Waals surface area contributed by atoms with Crippen molar-refractivity contribution < 1.29 is 76.7 Å². The summed E-state index contributed by atoms with van der Waals surface area (Å²) in [6.45, 7) is -3.11. The summed E-state index contributed by atoms with van der Waals surface area (Å²) >= 11 is 0.900. The van der Waals surface area contributed by atoms with Crippen molar-refractivity contribution in [2.75, 3.05) is 79.0 Å². The fourth-order valence-corrected chi connectivity index (χ4v) is 4.54. The van der Waals surface area contributed by atoms with Gasteiger partial charge >= 0.3 is 52.2 Å². The molecule has 18 heteroatoms. The van der Waals surface area contributed by atoms with Gasteiger partial charge in [0.2, 0.25) is 5.91 Å². The van der Waals surface area contributed by atoms with Crippen molar-refractivity contribution in [2.45, 2.75) is 6.42 Å². The van der Waals surface area contributed by atoms with Gasteiger partial charge in [0, 0.05) is 20.1 Å². The Hall–Kier alpha value is -5.09. The number of benzene rings is 2. The average molecular weight is 732 g/mol. The van der Waals surface area contributed by atoms with E-state index in [9.17, 15) is 54.3 Å². The van der Waals surface area contributed by atoms with E-state index in [0.717, 1.165) is 23.8 Å². The molecule has 247 valence electrons. The first-order chi connectivity index (χ1) is 21.8. The van der Waals surface area contributed by atoms with Crippen molar-refractivity contribution in [3.05, 3.63) is 48.5 Å². The third-order valence-corrected chi connectivity index (χ3v) is 6.23. The molecule has 0 aliphatic heterocycles. The SMILES string of the molecule is CNC(=O)CN(CC(=O)O)c1ccccc1N(CCCN(CC(=O)O)c1ccccc1N(CC(=O)O)CC(=O)O)CC(=O)O.[O]=[Tc+4]. The van der Waals surface area contributed by atoms with Gasteiger partial charge in [-0.2, -0.15) is 0 Å². The number of amides is 1. The molecule has 46 heavy (non-hydrogen) atoms. The van der Waals surface area contributed by atoms with Crippen LogP contribution in [0.5, 0.6) is 0 Å². The normalized spacial score (nSPS) is 10.1. The van der Waals surface area contributed by atoms with Crippen LogP contribution in [0.25, 0.3) is 0 Å². The van der Waals surface area contributed by atoms with Gasteiger partial charge in [0.1, 0.15) is 32.7 Å². The fraction of sp³-hybridized carbons (Fsp3) is 0.357. The molecule has 6 N–H and O–H groups in total. The molecule has 17 nitrogen and oxygen atoms in total. The second-order valence-electron chi connectivity index (χ2n) is 9.53. The molecular weight excluding hydrogens is 696 g/mol. The molecule has 0 spiro atoms. The van der Waals surface area contributed by atoms with Crippen LogP contribution in [-0.2, 0) is 51.1 Å². The number of hydrogen-bond acceptors (Lipinski definition) is 11. The minimum absolute atomic E-state index is 0.0344. The van der Waals surface area contributed by atoms with Gasteiger partial charge in [-0.25, -0.2) is 0 Å². The predicted octanol–water partition coefficient (Wildman–Crippen LogP) is 0.0502. The zero-order chi connectivity index (χ0) is 34.8. The Balaban J connectivity index is 0.00000518. The third-order valence-electron chi connectivity index (χ3n) is 6.23. The van der Waals surface area contributed by atoms with E-state index in [1.807, 2.05) is 0 Å². The number of nitrogens with zero attached hydrogens (tertiary/aromatic N) is 4. The number of anilines is 4. The Morgan fingerprint density at radius 2 is 0.783 bits per heavy atom. The molecular formula is C28H35N5O12Tc+4. The van der Waals surface area contributed by atoms with Crippen molar-refractivity contribution in [1.29, 1.82) is 0 Å². The molecule has 0 bridgehead atoms. The van der Waals surface area contributed by atoms with Gasteiger partial charge in [-0.3, -0.25) is 28.8 Å². The zero-order valence-electron chi connectivity index (χ0n) is 24.7. The maximum absolute atomic E-state index is 12.1. The summed E-state index contributed by atoms with van der Waals surface area (Å²) in [4.78, 5) is 75.5. The van der Waals surface area contributed by atoms with Crippen LogP contribution in [0, 0.1) is 0 Å². The number of para-hydroxylation sites is 4. The third kappa shape index (κ3) is 13.3. The van der Waals surface area contributed by atoms with E-state index >= 15 is 0 Å². The van der Waals surface area contributed by atoms with Crippen LogP contribution >= 0.6 is 0 Å². The second kappa shape index (κ2) is 20.0. The van der Waals surface area contributed by atoms with E-state index in [0.29, 0.717) is 11.4 Å². The average Bonchev–Trinajstić information content (AvgIpc) is 2.99. The number of carbonyl (C=O) groups excluding carboxylic acids is 1. The summed E-state index contributed by atoms with van der Waals surface area (Å²) in [7, 11) is 1.40. The molecule has 2 aromatic carbocycles. The molecule has 0 heterocycles. The number of carboxylic acids is 5. The van der Waals surface area contributed by atoms with E-state index < -0.39 is 68.5 Å². The van der Waals surface area contributed by atoms with Gasteiger partial charge < -0.3 is 50.4 Å². The van der Waals surface area contributed by atoms with E-state index in [4.69, 9.17) is 3.50 Å². The van der Waals surface area contributed by atoms with Crippen molar-refractivity contribution in [1.82, 2.24) is 5.32 Å². The molecule has 0 radical (unpaired) electrons. The Labute approximate surface area is 274 Å². The molecule has 0 saturated carbocycles. The first-order valence-corrected chi connectivity index (χ1v) is 14.2. The Kier molecular flexibility index (Phi) is 17.0. The van der Waals surface area contributed by atoms with Crippen molar-refractivity contribution in [3.8, 4) is 0 Å². The Bertz CT molecular complexity index is 1360. The van der Waals surface area contributed by atoms with E-state index in [1.165, 1.54) is 33.9 Å². The maximum atomic E-state index is 12.1. The van der Waals surface area contributed by atoms with Gasteiger partial charge in [-0.15, -0.1) is 0 Å². The van der Waals surface area contributed by atoms with E-state index in [-0.39, 0.29) is 37.4 Å². The number of likely N-dealkylation sites (N-methyl/N-ethyl adjacent to an activating group) is 1. The molecule has 0 aliphatic carbocycles. The number of carbonyl (C=O) groups is 6. The van der Waals surface area contributed by atoms with Crippen molar-refractivity contribution in [3.63, 3.8) is 0 Å². The van der Waals surface area contributed by atoms with Crippen LogP contribution in [0.15, 0.2) is 48.5 Å². The summed E-state index contributed by atoms with van der Waals surface area (Å²) in [6.07, 6.45) is 0.176. The van der Waals surface area contributed by atoms with Crippen LogP contribution in [0.2, 0.25) is 0 Å². The summed E-state index contributed by atoms with van der Waals surface area (Å²) < 4.78 is 8.22. The van der Waals surface area contributed by atoms with Crippen LogP contribution in [0.3, 0.4) is 0 Å². The first kappa shape index (κ1) is 38.9. The van der Waals surface area contributed by atoms with Gasteiger partial charge in [0.15, 0.2) is 0 Å². The Morgan fingerprint density at radius 3 is 1.07 bits per heavy atom. The molecule has 2 rings (SSSR count). The van der Waals surface area contributed by atoms with Gasteiger partial charge in [0.05, 0.1) is 29.3 Å². The molecule has 2 aromatic rings. The van der Waals surface area contributed by atoms with Gasteiger partial charge in [-0.05, 0) is 30.7 Å². The molecule has 1 amide bonds. The summed E-state index contributed by atoms with van der Waals surface area (Å²) in [5.74, 6) is -6.66. The van der Waals surface area contributed by atoms with E-state index in [2.05, 4.69) is 5.32 Å². The standard InChI is InChI=1S/C28H35N5O11.O.Tc/c1-29-23(34)13-32(16-26(39)40)21-9-4-2-7-19(21)30(14-24(35)36)11-6-12-31(15-25(37)38)20-8-3-5-10-22(20)33(17-27(41)42)18-28(43)44;;/h2-5,7-10H,6,11-18H2,1H3,(H,29,34)(H,35,36)(H,37,38)(H,39,40)(H,41,42)(H,43,44);;/q;;+4. The number of hydrogen-bond donors (Lipinski definition) is 6. The van der Waals surface area contributed by atoms with Gasteiger partial charge in [-0.1, -0.05) is 24.3 Å². The Morgan fingerprint density at radius 1 is 0.522 bits per heavy atom. The predicted molar refractivity (Wildman–Crippen MR) is 159 cm³/mol. The quantitative estimate of drug-likeness (QED) is 0.105. The molecule has 0 fully saturated rings. The summed E-state index contributed by atoms with van der Waals surface area (Å²) in [5.41, 5.74) is 1.08. The number of aliphatic carboxylic acids is 5. The summed E-state index contributed by atoms with van der Waals surface area (Å²) in [5, 5.41) is 49.8. The minimum atomic E-state index is -1.29. The molecule has 0 aromatic heterocycles. The van der Waals surface area contributed by atoms with E-state index in [1.54, 1.807) is 36.4 Å². The topological polar surface area (TPSA) is 246 Å². The molecule has 0 aliphatic rings. The van der Waals surface area contributed by atoms with Crippen LogP contribution in [-0.4, -0.2) is 121 Å². The fourth-order valence-electron chi connectivity index (χ4n) is 4.54. The van der Waals surface area contributed by atoms with Crippen LogP contribution in [0.4, 0.5) is 22.7 Å². The summed E-state index contributed by atoms with van der Waals surface area (Å²) in [6, 6.07) is 12.5. The van der Waals surface area contributed by atoms with Crippen LogP contribution in [0.1, 0.15) is 6.42 Å². The van der Waals surface area contributed by atoms with Gasteiger partial charge in [0.25, 0.3) is 0 Å². The molecule has 0 atom stereocenters. The van der Waals surface area contributed by atoms with Crippen molar-refractivity contribution in [2.24, 2.45) is 0 Å². The first-order valence-electron chi connectivity index (χ1n) is 13.4. The number of nitrogens with one attached hydrogen (secondary N) is 1. The second-order valence-corrected chi connectivity index (χ2v) is 9.53. The zero-order valence-corrected chi connectivity index (χ0v) is 26.6. The molecule has 0 unspecified atom stereocenters. The molecule has 0 saturated heterocycles.